The Bertz CT molecular complexity index is 174. The Morgan fingerprint density at radius 2 is 2.20 bits per heavy atom. The lowest BCUT2D eigenvalue weighted by molar-refractivity contribution is 0.234. The second-order valence-corrected chi connectivity index (χ2v) is 2.56. The molecule has 0 bridgehead atoms. The molecular formula is C6H11N3O. The largest absolute Gasteiger partial charge is 0.351 e. The number of hydrogen-bond acceptors (Lipinski definition) is 2. The summed E-state index contributed by atoms with van der Waals surface area (Å²) in [6.45, 7) is 0. The molecule has 1 rings (SSSR count). The minimum Gasteiger partial charge on any atom is -0.351 e. The van der Waals surface area contributed by atoms with Crippen molar-refractivity contribution in [2.45, 2.75) is 12.8 Å². The van der Waals surface area contributed by atoms with Crippen molar-refractivity contribution >= 4 is 11.9 Å². The monoisotopic (exact) mass is 141 g/mol. The molecule has 3 N–H and O–H groups in total. The van der Waals surface area contributed by atoms with Crippen LogP contribution < -0.4 is 5.73 Å². The number of carbonyl (C=O) groups is 1. The standard InChI is InChI=1S/C6H11N3O/c1-9(6(8)10)5(7)4-2-3-4/h4,7H,2-3H2,1H3,(H2,8,10). The van der Waals surface area contributed by atoms with Gasteiger partial charge >= 0.3 is 6.03 Å². The summed E-state index contributed by atoms with van der Waals surface area (Å²) in [5, 5.41) is 7.37. The molecule has 1 fully saturated rings. The van der Waals surface area contributed by atoms with Crippen LogP contribution in [0.1, 0.15) is 12.8 Å². The molecule has 10 heavy (non-hydrogen) atoms. The second kappa shape index (κ2) is 2.28. The maximum absolute atomic E-state index is 10.5. The molecule has 1 saturated carbocycles. The highest BCUT2D eigenvalue weighted by Crippen LogP contribution is 2.30. The fraction of sp³-hybridized carbons (Fsp3) is 0.667. The van der Waals surface area contributed by atoms with E-state index in [0.717, 1.165) is 12.8 Å². The van der Waals surface area contributed by atoms with Gasteiger partial charge in [-0.1, -0.05) is 0 Å². The van der Waals surface area contributed by atoms with E-state index in [1.54, 1.807) is 0 Å². The van der Waals surface area contributed by atoms with E-state index in [2.05, 4.69) is 0 Å². The van der Waals surface area contributed by atoms with Crippen molar-refractivity contribution in [3.63, 3.8) is 0 Å². The molecule has 4 heteroatoms. The maximum atomic E-state index is 10.5. The Balaban J connectivity index is 2.46. The number of rotatable bonds is 1. The summed E-state index contributed by atoms with van der Waals surface area (Å²) in [7, 11) is 1.53. The molecule has 0 aromatic carbocycles. The molecule has 0 saturated heterocycles. The van der Waals surface area contributed by atoms with E-state index in [4.69, 9.17) is 11.1 Å². The van der Waals surface area contributed by atoms with Gasteiger partial charge in [0.25, 0.3) is 0 Å². The van der Waals surface area contributed by atoms with Crippen molar-refractivity contribution in [2.24, 2.45) is 11.7 Å². The third-order valence-electron chi connectivity index (χ3n) is 1.66. The highest BCUT2D eigenvalue weighted by molar-refractivity contribution is 5.97. The fourth-order valence-electron chi connectivity index (χ4n) is 0.749. The van der Waals surface area contributed by atoms with Crippen LogP contribution in [0.25, 0.3) is 0 Å². The quantitative estimate of drug-likeness (QED) is 0.402. The summed E-state index contributed by atoms with van der Waals surface area (Å²) in [5.74, 6) is 0.644. The number of amidine groups is 1. The van der Waals surface area contributed by atoms with Gasteiger partial charge < -0.3 is 5.73 Å². The van der Waals surface area contributed by atoms with Gasteiger partial charge in [-0.15, -0.1) is 0 Å². The summed E-state index contributed by atoms with van der Waals surface area (Å²) in [6, 6.07) is -0.545. The van der Waals surface area contributed by atoms with Crippen LogP contribution in [-0.4, -0.2) is 23.8 Å². The number of urea groups is 1. The van der Waals surface area contributed by atoms with E-state index in [1.807, 2.05) is 0 Å². The zero-order valence-corrected chi connectivity index (χ0v) is 5.92. The first-order valence-corrected chi connectivity index (χ1v) is 3.24. The minimum absolute atomic E-state index is 0.289. The van der Waals surface area contributed by atoms with Crippen molar-refractivity contribution in [2.75, 3.05) is 7.05 Å². The van der Waals surface area contributed by atoms with E-state index < -0.39 is 6.03 Å². The summed E-state index contributed by atoms with van der Waals surface area (Å²) in [6.07, 6.45) is 2.05. The molecule has 0 aliphatic heterocycles. The van der Waals surface area contributed by atoms with E-state index >= 15 is 0 Å². The van der Waals surface area contributed by atoms with Crippen LogP contribution in [0.3, 0.4) is 0 Å². The number of hydrogen-bond donors (Lipinski definition) is 2. The zero-order valence-electron chi connectivity index (χ0n) is 5.92. The normalized spacial score (nSPS) is 16.5. The highest BCUT2D eigenvalue weighted by atomic mass is 16.2. The average Bonchev–Trinajstić information content (AvgIpc) is 2.65. The van der Waals surface area contributed by atoms with Crippen LogP contribution in [0.4, 0.5) is 4.79 Å². The lowest BCUT2D eigenvalue weighted by atomic mass is 10.3. The summed E-state index contributed by atoms with van der Waals surface area (Å²) < 4.78 is 0. The number of primary amides is 1. The van der Waals surface area contributed by atoms with Gasteiger partial charge in [-0.25, -0.2) is 4.79 Å². The Kier molecular flexibility index (Phi) is 1.61. The van der Waals surface area contributed by atoms with Crippen molar-refractivity contribution < 1.29 is 4.79 Å². The van der Waals surface area contributed by atoms with Crippen LogP contribution >= 0.6 is 0 Å². The molecule has 0 unspecified atom stereocenters. The van der Waals surface area contributed by atoms with Crippen molar-refractivity contribution in [3.8, 4) is 0 Å². The molecule has 2 amide bonds. The lowest BCUT2D eigenvalue weighted by Gasteiger charge is -2.13. The van der Waals surface area contributed by atoms with Gasteiger partial charge in [0.2, 0.25) is 0 Å². The molecule has 0 heterocycles. The third kappa shape index (κ3) is 1.26. The second-order valence-electron chi connectivity index (χ2n) is 2.56. The number of nitrogens with two attached hydrogens (primary N) is 1. The van der Waals surface area contributed by atoms with Gasteiger partial charge in [0, 0.05) is 13.0 Å². The molecule has 4 nitrogen and oxygen atoms in total. The Morgan fingerprint density at radius 1 is 1.70 bits per heavy atom. The molecular weight excluding hydrogens is 130 g/mol. The van der Waals surface area contributed by atoms with Gasteiger partial charge in [0.1, 0.15) is 5.84 Å². The van der Waals surface area contributed by atoms with Gasteiger partial charge in [-0.05, 0) is 12.8 Å². The first-order valence-electron chi connectivity index (χ1n) is 3.24. The molecule has 0 atom stereocenters. The Labute approximate surface area is 59.5 Å². The van der Waals surface area contributed by atoms with Gasteiger partial charge in [-0.2, -0.15) is 0 Å². The number of nitrogens with one attached hydrogen (secondary N) is 1. The van der Waals surface area contributed by atoms with E-state index in [-0.39, 0.29) is 5.92 Å². The van der Waals surface area contributed by atoms with Crippen molar-refractivity contribution in [1.82, 2.24) is 4.90 Å². The summed E-state index contributed by atoms with van der Waals surface area (Å²) in [5.41, 5.74) is 4.95. The fourth-order valence-corrected chi connectivity index (χ4v) is 0.749. The Hall–Kier alpha value is -1.06. The Morgan fingerprint density at radius 3 is 2.50 bits per heavy atom. The molecule has 0 spiro atoms. The smallest absolute Gasteiger partial charge is 0.319 e. The maximum Gasteiger partial charge on any atom is 0.319 e. The van der Waals surface area contributed by atoms with Gasteiger partial charge in [0.15, 0.2) is 0 Å². The minimum atomic E-state index is -0.545. The number of carbonyl (C=O) groups excluding carboxylic acids is 1. The van der Waals surface area contributed by atoms with Crippen molar-refractivity contribution in [3.05, 3.63) is 0 Å². The predicted octanol–water partition coefficient (Wildman–Crippen LogP) is 0.384. The van der Waals surface area contributed by atoms with E-state index in [1.165, 1.54) is 11.9 Å². The molecule has 0 aromatic heterocycles. The lowest BCUT2D eigenvalue weighted by Crippen LogP contribution is -2.37. The third-order valence-corrected chi connectivity index (χ3v) is 1.66. The predicted molar refractivity (Wildman–Crippen MR) is 37.8 cm³/mol. The summed E-state index contributed by atoms with van der Waals surface area (Å²) in [4.78, 5) is 11.7. The van der Waals surface area contributed by atoms with Crippen LogP contribution in [0, 0.1) is 11.3 Å². The topological polar surface area (TPSA) is 70.2 Å². The summed E-state index contributed by atoms with van der Waals surface area (Å²) >= 11 is 0. The highest BCUT2D eigenvalue weighted by Gasteiger charge is 2.30. The van der Waals surface area contributed by atoms with Crippen LogP contribution in [0.5, 0.6) is 0 Å². The van der Waals surface area contributed by atoms with Crippen molar-refractivity contribution in [1.29, 1.82) is 5.41 Å². The van der Waals surface area contributed by atoms with Crippen LogP contribution in [0.2, 0.25) is 0 Å². The number of amides is 2. The van der Waals surface area contributed by atoms with Gasteiger partial charge in [-0.3, -0.25) is 10.3 Å². The molecule has 56 valence electrons. The number of nitrogens with zero attached hydrogens (tertiary/aromatic N) is 1. The molecule has 0 aromatic rings. The van der Waals surface area contributed by atoms with E-state index in [9.17, 15) is 4.79 Å². The van der Waals surface area contributed by atoms with Crippen LogP contribution in [-0.2, 0) is 0 Å². The first kappa shape index (κ1) is 7.05. The van der Waals surface area contributed by atoms with E-state index in [0.29, 0.717) is 5.84 Å². The first-order chi connectivity index (χ1) is 4.63. The SMILES string of the molecule is CN(C(=N)C1CC1)C(N)=O. The molecule has 1 aliphatic carbocycles. The zero-order chi connectivity index (χ0) is 7.72. The van der Waals surface area contributed by atoms with Gasteiger partial charge in [0.05, 0.1) is 0 Å². The molecule has 1 aliphatic rings. The average molecular weight is 141 g/mol. The molecule has 0 radical (unpaired) electrons. The van der Waals surface area contributed by atoms with Crippen LogP contribution in [0.15, 0.2) is 0 Å².